The first kappa shape index (κ1) is 10.8. The monoisotopic (exact) mass is 214 g/mol. The van der Waals surface area contributed by atoms with Gasteiger partial charge in [-0.2, -0.15) is 11.8 Å². The summed E-state index contributed by atoms with van der Waals surface area (Å²) >= 11 is 2.11. The van der Waals surface area contributed by atoms with Gasteiger partial charge in [-0.05, 0) is 24.0 Å². The van der Waals surface area contributed by atoms with Crippen LogP contribution >= 0.6 is 11.8 Å². The Bertz CT molecular complexity index is 205. The van der Waals surface area contributed by atoms with Crippen LogP contribution in [0.4, 0.5) is 0 Å². The fourth-order valence-electron chi connectivity index (χ4n) is 2.62. The molecule has 0 saturated carbocycles. The van der Waals surface area contributed by atoms with E-state index in [0.29, 0.717) is 11.5 Å². The van der Waals surface area contributed by atoms with Gasteiger partial charge in [-0.3, -0.25) is 4.90 Å². The fourth-order valence-corrected chi connectivity index (χ4v) is 4.34. The maximum absolute atomic E-state index is 5.97. The first-order valence-electron chi connectivity index (χ1n) is 5.67. The first-order chi connectivity index (χ1) is 6.59. The summed E-state index contributed by atoms with van der Waals surface area (Å²) < 4.78 is 0. The molecule has 0 aromatic heterocycles. The number of likely N-dealkylation sites (tertiary alicyclic amines) is 1. The second kappa shape index (κ2) is 4.03. The zero-order valence-corrected chi connectivity index (χ0v) is 10.1. The summed E-state index contributed by atoms with van der Waals surface area (Å²) in [5, 5.41) is 0. The van der Waals surface area contributed by atoms with Crippen molar-refractivity contribution in [3.05, 3.63) is 0 Å². The number of nitrogens with zero attached hydrogens (tertiary/aromatic N) is 1. The summed E-state index contributed by atoms with van der Waals surface area (Å²) in [5.41, 5.74) is 6.47. The van der Waals surface area contributed by atoms with Gasteiger partial charge in [0.1, 0.15) is 0 Å². The lowest BCUT2D eigenvalue weighted by atomic mass is 9.81. The minimum absolute atomic E-state index is 0.428. The minimum Gasteiger partial charge on any atom is -0.326 e. The SMILES string of the molecule is CC1(C)CCSCC1N1CCC(N)C1. The molecular formula is C11H22N2S. The molecule has 2 aliphatic rings. The second-order valence-corrected chi connectivity index (χ2v) is 6.52. The summed E-state index contributed by atoms with van der Waals surface area (Å²) in [6.07, 6.45) is 2.55. The van der Waals surface area contributed by atoms with E-state index in [1.165, 1.54) is 30.9 Å². The molecule has 14 heavy (non-hydrogen) atoms. The molecule has 0 aromatic rings. The topological polar surface area (TPSA) is 29.3 Å². The van der Waals surface area contributed by atoms with Gasteiger partial charge in [-0.25, -0.2) is 0 Å². The standard InChI is InChI=1S/C11H22N2S/c1-11(2)4-6-14-8-10(11)13-5-3-9(12)7-13/h9-10H,3-8,12H2,1-2H3. The Balaban J connectivity index is 2.01. The van der Waals surface area contributed by atoms with Crippen LogP contribution in [0.2, 0.25) is 0 Å². The van der Waals surface area contributed by atoms with Crippen molar-refractivity contribution < 1.29 is 0 Å². The van der Waals surface area contributed by atoms with Crippen molar-refractivity contribution >= 4 is 11.8 Å². The largest absolute Gasteiger partial charge is 0.326 e. The maximum Gasteiger partial charge on any atom is 0.0238 e. The third kappa shape index (κ3) is 2.10. The molecule has 2 rings (SSSR count). The van der Waals surface area contributed by atoms with E-state index < -0.39 is 0 Å². The summed E-state index contributed by atoms with van der Waals surface area (Å²) in [4.78, 5) is 2.62. The van der Waals surface area contributed by atoms with Gasteiger partial charge in [0.15, 0.2) is 0 Å². The first-order valence-corrected chi connectivity index (χ1v) is 6.82. The molecule has 2 atom stereocenters. The molecule has 2 N–H and O–H groups in total. The fraction of sp³-hybridized carbons (Fsp3) is 1.00. The summed E-state index contributed by atoms with van der Waals surface area (Å²) in [6, 6.07) is 1.19. The Morgan fingerprint density at radius 2 is 2.21 bits per heavy atom. The van der Waals surface area contributed by atoms with E-state index in [1.54, 1.807) is 0 Å². The van der Waals surface area contributed by atoms with Crippen LogP contribution in [0.5, 0.6) is 0 Å². The number of thioether (sulfide) groups is 1. The van der Waals surface area contributed by atoms with Crippen molar-refractivity contribution in [1.82, 2.24) is 4.90 Å². The van der Waals surface area contributed by atoms with Crippen LogP contribution in [0.25, 0.3) is 0 Å². The highest BCUT2D eigenvalue weighted by molar-refractivity contribution is 7.99. The third-order valence-electron chi connectivity index (χ3n) is 3.77. The summed E-state index contributed by atoms with van der Waals surface area (Å²) in [7, 11) is 0. The van der Waals surface area contributed by atoms with Gasteiger partial charge in [0.05, 0.1) is 0 Å². The number of nitrogens with two attached hydrogens (primary N) is 1. The maximum atomic E-state index is 5.97. The lowest BCUT2D eigenvalue weighted by molar-refractivity contribution is 0.119. The Morgan fingerprint density at radius 3 is 2.79 bits per heavy atom. The molecule has 82 valence electrons. The van der Waals surface area contributed by atoms with Crippen molar-refractivity contribution in [2.75, 3.05) is 24.6 Å². The molecule has 2 aliphatic heterocycles. The van der Waals surface area contributed by atoms with Gasteiger partial charge in [0.25, 0.3) is 0 Å². The van der Waals surface area contributed by atoms with Crippen molar-refractivity contribution in [1.29, 1.82) is 0 Å². The van der Waals surface area contributed by atoms with E-state index in [2.05, 4.69) is 30.5 Å². The molecule has 2 saturated heterocycles. The number of hydrogen-bond donors (Lipinski definition) is 1. The van der Waals surface area contributed by atoms with Crippen molar-refractivity contribution in [2.45, 2.75) is 38.8 Å². The molecule has 2 fully saturated rings. The summed E-state index contributed by atoms with van der Waals surface area (Å²) in [5.74, 6) is 2.64. The predicted molar refractivity (Wildman–Crippen MR) is 63.7 cm³/mol. The molecule has 2 unspecified atom stereocenters. The predicted octanol–water partition coefficient (Wildman–Crippen LogP) is 1.55. The molecule has 2 heterocycles. The van der Waals surface area contributed by atoms with Gasteiger partial charge in [-0.15, -0.1) is 0 Å². The van der Waals surface area contributed by atoms with Gasteiger partial charge in [-0.1, -0.05) is 13.8 Å². The van der Waals surface area contributed by atoms with E-state index in [-0.39, 0.29) is 0 Å². The molecule has 3 heteroatoms. The minimum atomic E-state index is 0.428. The Morgan fingerprint density at radius 1 is 1.43 bits per heavy atom. The van der Waals surface area contributed by atoms with E-state index in [4.69, 9.17) is 5.73 Å². The Kier molecular flexibility index (Phi) is 3.10. The average Bonchev–Trinajstić information content (AvgIpc) is 2.51. The number of rotatable bonds is 1. The van der Waals surface area contributed by atoms with Gasteiger partial charge < -0.3 is 5.73 Å². The Labute approximate surface area is 91.6 Å². The Hall–Kier alpha value is 0.270. The average molecular weight is 214 g/mol. The molecule has 0 radical (unpaired) electrons. The molecule has 0 spiro atoms. The molecule has 0 aromatic carbocycles. The highest BCUT2D eigenvalue weighted by Crippen LogP contribution is 2.38. The lowest BCUT2D eigenvalue weighted by Crippen LogP contribution is -2.48. The van der Waals surface area contributed by atoms with E-state index in [9.17, 15) is 0 Å². The summed E-state index contributed by atoms with van der Waals surface area (Å²) in [6.45, 7) is 7.17. The van der Waals surface area contributed by atoms with E-state index in [0.717, 1.165) is 12.6 Å². The second-order valence-electron chi connectivity index (χ2n) is 5.37. The van der Waals surface area contributed by atoms with Crippen LogP contribution in [0.1, 0.15) is 26.7 Å². The molecule has 2 nitrogen and oxygen atoms in total. The van der Waals surface area contributed by atoms with Gasteiger partial charge in [0.2, 0.25) is 0 Å². The molecule has 0 aliphatic carbocycles. The zero-order valence-electron chi connectivity index (χ0n) is 9.33. The smallest absolute Gasteiger partial charge is 0.0238 e. The molecule has 0 bridgehead atoms. The van der Waals surface area contributed by atoms with Crippen LogP contribution < -0.4 is 5.73 Å². The van der Waals surface area contributed by atoms with Crippen LogP contribution in [0.3, 0.4) is 0 Å². The third-order valence-corrected chi connectivity index (χ3v) is 4.81. The zero-order chi connectivity index (χ0) is 10.2. The van der Waals surface area contributed by atoms with Crippen LogP contribution in [-0.4, -0.2) is 41.6 Å². The molecule has 0 amide bonds. The normalized spacial score (nSPS) is 38.8. The van der Waals surface area contributed by atoms with Gasteiger partial charge >= 0.3 is 0 Å². The van der Waals surface area contributed by atoms with E-state index in [1.807, 2.05) is 0 Å². The highest BCUT2D eigenvalue weighted by atomic mass is 32.2. The van der Waals surface area contributed by atoms with E-state index >= 15 is 0 Å². The quantitative estimate of drug-likeness (QED) is 0.718. The number of hydrogen-bond acceptors (Lipinski definition) is 3. The lowest BCUT2D eigenvalue weighted by Gasteiger charge is -2.43. The van der Waals surface area contributed by atoms with Crippen molar-refractivity contribution in [2.24, 2.45) is 11.1 Å². The molecular weight excluding hydrogens is 192 g/mol. The van der Waals surface area contributed by atoms with Crippen LogP contribution in [-0.2, 0) is 0 Å². The van der Waals surface area contributed by atoms with Crippen molar-refractivity contribution in [3.8, 4) is 0 Å². The van der Waals surface area contributed by atoms with Crippen LogP contribution in [0.15, 0.2) is 0 Å². The van der Waals surface area contributed by atoms with Gasteiger partial charge in [0, 0.05) is 30.9 Å². The highest BCUT2D eigenvalue weighted by Gasteiger charge is 2.38. The van der Waals surface area contributed by atoms with Crippen molar-refractivity contribution in [3.63, 3.8) is 0 Å². The van der Waals surface area contributed by atoms with Crippen LogP contribution in [0, 0.1) is 5.41 Å².